The van der Waals surface area contributed by atoms with Crippen molar-refractivity contribution in [3.05, 3.63) is 0 Å². The number of nitrogens with one attached hydrogen (secondary N) is 2. The highest BCUT2D eigenvalue weighted by atomic mass is 32.2. The summed E-state index contributed by atoms with van der Waals surface area (Å²) in [5, 5.41) is 2.69. The molecule has 0 aliphatic heterocycles. The van der Waals surface area contributed by atoms with E-state index in [0.29, 0.717) is 13.2 Å². The molecule has 110 valence electrons. The Kier molecular flexibility index (Phi) is 8.77. The van der Waals surface area contributed by atoms with Gasteiger partial charge in [0, 0.05) is 25.7 Å². The van der Waals surface area contributed by atoms with Crippen molar-refractivity contribution in [3.63, 3.8) is 0 Å². The Morgan fingerprint density at radius 3 is 2.28 bits per heavy atom. The Hall–Kier alpha value is -0.170. The van der Waals surface area contributed by atoms with Gasteiger partial charge in [0.2, 0.25) is 10.0 Å². The summed E-state index contributed by atoms with van der Waals surface area (Å²) in [6, 6.07) is 0.152. The monoisotopic (exact) mass is 280 g/mol. The van der Waals surface area contributed by atoms with Crippen LogP contribution in [-0.4, -0.2) is 46.0 Å². The van der Waals surface area contributed by atoms with Gasteiger partial charge in [-0.1, -0.05) is 27.2 Å². The molecular weight excluding hydrogens is 252 g/mol. The highest BCUT2D eigenvalue weighted by Crippen LogP contribution is 2.04. The molecule has 6 heteroatoms. The van der Waals surface area contributed by atoms with Crippen molar-refractivity contribution < 1.29 is 13.2 Å². The van der Waals surface area contributed by atoms with E-state index in [1.807, 2.05) is 20.8 Å². The molecule has 0 amide bonds. The summed E-state index contributed by atoms with van der Waals surface area (Å²) in [5.74, 6) is 0. The highest BCUT2D eigenvalue weighted by molar-refractivity contribution is 7.90. The first-order valence-electron chi connectivity index (χ1n) is 6.56. The molecule has 0 heterocycles. The molecule has 0 aromatic carbocycles. The molecule has 0 aliphatic rings. The van der Waals surface area contributed by atoms with Gasteiger partial charge in [-0.2, -0.15) is 0 Å². The fourth-order valence-electron chi connectivity index (χ4n) is 1.59. The van der Waals surface area contributed by atoms with Crippen molar-refractivity contribution >= 4 is 10.0 Å². The van der Waals surface area contributed by atoms with Gasteiger partial charge in [0.1, 0.15) is 0 Å². The zero-order valence-electron chi connectivity index (χ0n) is 12.2. The van der Waals surface area contributed by atoms with Gasteiger partial charge in [-0.15, -0.1) is 0 Å². The molecule has 2 unspecified atom stereocenters. The minimum absolute atomic E-state index is 0.133. The van der Waals surface area contributed by atoms with E-state index in [0.717, 1.165) is 12.8 Å². The third kappa shape index (κ3) is 7.31. The number of hydrogen-bond acceptors (Lipinski definition) is 4. The Labute approximate surface area is 112 Å². The van der Waals surface area contributed by atoms with Crippen LogP contribution in [0.4, 0.5) is 0 Å². The molecule has 0 bridgehead atoms. The van der Waals surface area contributed by atoms with Crippen LogP contribution in [0.15, 0.2) is 0 Å². The fourth-order valence-corrected chi connectivity index (χ4v) is 2.78. The second kappa shape index (κ2) is 8.85. The van der Waals surface area contributed by atoms with Gasteiger partial charge in [0.05, 0.1) is 11.9 Å². The second-order valence-corrected chi connectivity index (χ2v) is 7.11. The third-order valence-corrected chi connectivity index (χ3v) is 4.57. The van der Waals surface area contributed by atoms with Crippen molar-refractivity contribution in [1.29, 1.82) is 0 Å². The summed E-state index contributed by atoms with van der Waals surface area (Å²) in [6.45, 7) is 8.61. The maximum Gasteiger partial charge on any atom is 0.215 e. The Morgan fingerprint density at radius 2 is 1.83 bits per heavy atom. The van der Waals surface area contributed by atoms with Crippen LogP contribution in [-0.2, 0) is 14.8 Å². The van der Waals surface area contributed by atoms with E-state index in [9.17, 15) is 8.42 Å². The summed E-state index contributed by atoms with van der Waals surface area (Å²) in [6.07, 6.45) is 1.71. The first kappa shape index (κ1) is 17.8. The molecule has 0 radical (unpaired) electrons. The van der Waals surface area contributed by atoms with E-state index in [1.165, 1.54) is 0 Å². The van der Waals surface area contributed by atoms with Crippen molar-refractivity contribution in [2.24, 2.45) is 0 Å². The van der Waals surface area contributed by atoms with Gasteiger partial charge in [-0.3, -0.25) is 0 Å². The highest BCUT2D eigenvalue weighted by Gasteiger charge is 2.24. The van der Waals surface area contributed by atoms with Crippen LogP contribution in [0.1, 0.15) is 40.5 Å². The predicted octanol–water partition coefficient (Wildman–Crippen LogP) is 1.11. The van der Waals surface area contributed by atoms with Gasteiger partial charge in [-0.25, -0.2) is 13.1 Å². The summed E-state index contributed by atoms with van der Waals surface area (Å²) in [4.78, 5) is 0. The van der Waals surface area contributed by atoms with Gasteiger partial charge in [0.25, 0.3) is 0 Å². The zero-order chi connectivity index (χ0) is 14.2. The van der Waals surface area contributed by atoms with Crippen LogP contribution in [0.3, 0.4) is 0 Å². The molecule has 0 saturated carbocycles. The van der Waals surface area contributed by atoms with E-state index in [-0.39, 0.29) is 12.1 Å². The first-order valence-corrected chi connectivity index (χ1v) is 8.11. The van der Waals surface area contributed by atoms with Gasteiger partial charge in [-0.05, 0) is 13.3 Å². The van der Waals surface area contributed by atoms with Gasteiger partial charge in [0.15, 0.2) is 0 Å². The maximum atomic E-state index is 12.1. The van der Waals surface area contributed by atoms with Crippen LogP contribution in [0.25, 0.3) is 0 Å². The van der Waals surface area contributed by atoms with Crippen molar-refractivity contribution in [1.82, 2.24) is 10.0 Å². The van der Waals surface area contributed by atoms with Crippen molar-refractivity contribution in [2.45, 2.75) is 57.9 Å². The Bertz CT molecular complexity index is 298. The Balaban J connectivity index is 4.41. The lowest BCUT2D eigenvalue weighted by Gasteiger charge is -2.21. The van der Waals surface area contributed by atoms with Crippen LogP contribution in [0, 0.1) is 0 Å². The minimum atomic E-state index is -3.29. The number of methoxy groups -OCH3 is 1. The van der Waals surface area contributed by atoms with E-state index >= 15 is 0 Å². The molecule has 0 rings (SSSR count). The lowest BCUT2D eigenvalue weighted by molar-refractivity contribution is 0.171. The van der Waals surface area contributed by atoms with Crippen LogP contribution < -0.4 is 10.0 Å². The average Bonchev–Trinajstić information content (AvgIpc) is 2.25. The molecule has 2 atom stereocenters. The van der Waals surface area contributed by atoms with E-state index in [1.54, 1.807) is 14.0 Å². The van der Waals surface area contributed by atoms with E-state index < -0.39 is 15.3 Å². The number of hydrogen-bond donors (Lipinski definition) is 2. The summed E-state index contributed by atoms with van der Waals surface area (Å²) >= 11 is 0. The van der Waals surface area contributed by atoms with E-state index in [4.69, 9.17) is 4.74 Å². The summed E-state index contributed by atoms with van der Waals surface area (Å²) < 4.78 is 32.0. The fraction of sp³-hybridized carbons (Fsp3) is 1.00. The van der Waals surface area contributed by atoms with Crippen LogP contribution in [0.5, 0.6) is 0 Å². The number of ether oxygens (including phenoxy) is 1. The van der Waals surface area contributed by atoms with Crippen molar-refractivity contribution in [3.8, 4) is 0 Å². The maximum absolute atomic E-state index is 12.1. The molecule has 0 aromatic rings. The average molecular weight is 280 g/mol. The normalized spacial score (nSPS) is 15.9. The molecule has 0 fully saturated rings. The summed E-state index contributed by atoms with van der Waals surface area (Å²) in [7, 11) is -1.71. The largest absolute Gasteiger partial charge is 0.383 e. The number of rotatable bonds is 10. The van der Waals surface area contributed by atoms with Gasteiger partial charge < -0.3 is 10.1 Å². The van der Waals surface area contributed by atoms with Crippen LogP contribution in [0.2, 0.25) is 0 Å². The SMILES string of the molecule is CCCC(COC)NS(=O)(=O)C(C)CNC(C)C. The molecule has 0 saturated heterocycles. The lowest BCUT2D eigenvalue weighted by atomic mass is 10.2. The predicted molar refractivity (Wildman–Crippen MR) is 75.2 cm³/mol. The van der Waals surface area contributed by atoms with Gasteiger partial charge >= 0.3 is 0 Å². The standard InChI is InChI=1S/C12H28N2O3S/c1-6-7-12(9-17-5)14-18(15,16)11(4)8-13-10(2)3/h10-14H,6-9H2,1-5H3. The zero-order valence-corrected chi connectivity index (χ0v) is 13.0. The molecular formula is C12H28N2O3S. The smallest absolute Gasteiger partial charge is 0.215 e. The minimum Gasteiger partial charge on any atom is -0.383 e. The molecule has 5 nitrogen and oxygen atoms in total. The summed E-state index contributed by atoms with van der Waals surface area (Å²) in [5.41, 5.74) is 0. The Morgan fingerprint density at radius 1 is 1.22 bits per heavy atom. The topological polar surface area (TPSA) is 67.4 Å². The molecule has 0 spiro atoms. The van der Waals surface area contributed by atoms with E-state index in [2.05, 4.69) is 10.0 Å². The van der Waals surface area contributed by atoms with Crippen molar-refractivity contribution in [2.75, 3.05) is 20.3 Å². The molecule has 18 heavy (non-hydrogen) atoms. The molecule has 0 aromatic heterocycles. The molecule has 0 aliphatic carbocycles. The quantitative estimate of drug-likeness (QED) is 0.629. The second-order valence-electron chi connectivity index (χ2n) is 4.98. The lowest BCUT2D eigenvalue weighted by Crippen LogP contribution is -2.46. The molecule has 2 N–H and O–H groups in total. The number of sulfonamides is 1. The third-order valence-electron chi connectivity index (χ3n) is 2.68. The first-order chi connectivity index (χ1) is 8.33. The van der Waals surface area contributed by atoms with Crippen LogP contribution >= 0.6 is 0 Å².